The molecule has 21 heavy (non-hydrogen) atoms. The van der Waals surface area contributed by atoms with Gasteiger partial charge in [0.25, 0.3) is 5.91 Å². The van der Waals surface area contributed by atoms with E-state index in [0.717, 1.165) is 17.7 Å². The third-order valence-corrected chi connectivity index (χ3v) is 3.81. The number of furan rings is 1. The molecule has 0 fully saturated rings. The molecule has 3 rings (SSSR count). The summed E-state index contributed by atoms with van der Waals surface area (Å²) in [5, 5.41) is 2.58. The SMILES string of the molecule is O=C(NCC(=O)N1CCc2ccccc21)c1ccc(Br)o1. The molecule has 1 aromatic heterocycles. The van der Waals surface area contributed by atoms with Crippen LogP contribution >= 0.6 is 15.9 Å². The van der Waals surface area contributed by atoms with Gasteiger partial charge >= 0.3 is 0 Å². The zero-order valence-electron chi connectivity index (χ0n) is 11.1. The molecule has 0 aliphatic carbocycles. The molecular weight excluding hydrogens is 336 g/mol. The maximum absolute atomic E-state index is 12.2. The summed E-state index contributed by atoms with van der Waals surface area (Å²) in [6, 6.07) is 11.0. The first kappa shape index (κ1) is 13.9. The van der Waals surface area contributed by atoms with Crippen molar-refractivity contribution in [3.63, 3.8) is 0 Å². The zero-order chi connectivity index (χ0) is 14.8. The summed E-state index contributed by atoms with van der Waals surface area (Å²) in [7, 11) is 0. The molecule has 108 valence electrons. The number of benzene rings is 1. The van der Waals surface area contributed by atoms with E-state index in [2.05, 4.69) is 21.2 Å². The summed E-state index contributed by atoms with van der Waals surface area (Å²) >= 11 is 3.13. The summed E-state index contributed by atoms with van der Waals surface area (Å²) < 4.78 is 5.62. The maximum Gasteiger partial charge on any atom is 0.287 e. The molecule has 0 radical (unpaired) electrons. The standard InChI is InChI=1S/C15H13BrN2O3/c16-13-6-5-12(21-13)15(20)17-9-14(19)18-8-7-10-3-1-2-4-11(10)18/h1-6H,7-9H2,(H,17,20). The van der Waals surface area contributed by atoms with Crippen LogP contribution in [0.4, 0.5) is 5.69 Å². The number of fused-ring (bicyclic) bond motifs is 1. The molecule has 6 heteroatoms. The summed E-state index contributed by atoms with van der Waals surface area (Å²) in [4.78, 5) is 25.7. The Bertz CT molecular complexity index is 696. The topological polar surface area (TPSA) is 62.6 Å². The van der Waals surface area contributed by atoms with E-state index in [4.69, 9.17) is 4.42 Å². The molecule has 5 nitrogen and oxygen atoms in total. The molecule has 0 saturated heterocycles. The molecule has 1 aliphatic heterocycles. The summed E-state index contributed by atoms with van der Waals surface area (Å²) in [6.45, 7) is 0.603. The van der Waals surface area contributed by atoms with Gasteiger partial charge < -0.3 is 14.6 Å². The third kappa shape index (κ3) is 2.85. The van der Waals surface area contributed by atoms with Crippen molar-refractivity contribution in [1.82, 2.24) is 5.32 Å². The van der Waals surface area contributed by atoms with Gasteiger partial charge in [-0.05, 0) is 46.1 Å². The van der Waals surface area contributed by atoms with Crippen molar-refractivity contribution in [1.29, 1.82) is 0 Å². The molecule has 2 amide bonds. The normalized spacial score (nSPS) is 13.1. The quantitative estimate of drug-likeness (QED) is 0.925. The van der Waals surface area contributed by atoms with Crippen molar-refractivity contribution in [3.8, 4) is 0 Å². The van der Waals surface area contributed by atoms with Crippen LogP contribution in [0.25, 0.3) is 0 Å². The van der Waals surface area contributed by atoms with Gasteiger partial charge in [0, 0.05) is 12.2 Å². The number of para-hydroxylation sites is 1. The Balaban J connectivity index is 1.62. The van der Waals surface area contributed by atoms with Crippen LogP contribution in [-0.4, -0.2) is 24.9 Å². The number of hydrogen-bond donors (Lipinski definition) is 1. The predicted molar refractivity (Wildman–Crippen MR) is 81.2 cm³/mol. The Morgan fingerprint density at radius 3 is 2.81 bits per heavy atom. The maximum atomic E-state index is 12.2. The highest BCUT2D eigenvalue weighted by Gasteiger charge is 2.24. The Kier molecular flexibility index (Phi) is 3.79. The van der Waals surface area contributed by atoms with Crippen molar-refractivity contribution < 1.29 is 14.0 Å². The second-order valence-electron chi connectivity index (χ2n) is 4.71. The van der Waals surface area contributed by atoms with Crippen LogP contribution < -0.4 is 10.2 Å². The number of rotatable bonds is 3. The minimum absolute atomic E-state index is 0.0501. The van der Waals surface area contributed by atoms with Crippen molar-refractivity contribution in [2.75, 3.05) is 18.0 Å². The molecule has 0 atom stereocenters. The van der Waals surface area contributed by atoms with Crippen molar-refractivity contribution in [3.05, 3.63) is 52.4 Å². The van der Waals surface area contributed by atoms with Gasteiger partial charge in [0.15, 0.2) is 10.4 Å². The number of anilines is 1. The van der Waals surface area contributed by atoms with Gasteiger partial charge in [-0.1, -0.05) is 18.2 Å². The van der Waals surface area contributed by atoms with Crippen LogP contribution in [-0.2, 0) is 11.2 Å². The minimum atomic E-state index is -0.401. The summed E-state index contributed by atoms with van der Waals surface area (Å²) in [5.74, 6) is -0.350. The monoisotopic (exact) mass is 348 g/mol. The Hall–Kier alpha value is -2.08. The highest BCUT2D eigenvalue weighted by atomic mass is 79.9. The first-order chi connectivity index (χ1) is 10.1. The van der Waals surface area contributed by atoms with E-state index in [9.17, 15) is 9.59 Å². The molecule has 1 aliphatic rings. The molecular formula is C15H13BrN2O3. The van der Waals surface area contributed by atoms with Gasteiger partial charge in [0.05, 0.1) is 6.54 Å². The predicted octanol–water partition coefficient (Wildman–Crippen LogP) is 2.36. The van der Waals surface area contributed by atoms with Gasteiger partial charge in [-0.25, -0.2) is 0 Å². The zero-order valence-corrected chi connectivity index (χ0v) is 12.7. The second-order valence-corrected chi connectivity index (χ2v) is 5.49. The number of nitrogens with one attached hydrogen (secondary N) is 1. The minimum Gasteiger partial charge on any atom is -0.444 e. The first-order valence-corrected chi connectivity index (χ1v) is 7.36. The van der Waals surface area contributed by atoms with Crippen molar-refractivity contribution in [2.45, 2.75) is 6.42 Å². The van der Waals surface area contributed by atoms with Crippen molar-refractivity contribution >= 4 is 33.4 Å². The molecule has 1 aromatic carbocycles. The van der Waals surface area contributed by atoms with Gasteiger partial charge in [-0.3, -0.25) is 9.59 Å². The van der Waals surface area contributed by atoms with E-state index in [1.807, 2.05) is 24.3 Å². The summed E-state index contributed by atoms with van der Waals surface area (Å²) in [6.07, 6.45) is 0.848. The lowest BCUT2D eigenvalue weighted by molar-refractivity contribution is -0.117. The molecule has 0 saturated carbocycles. The van der Waals surface area contributed by atoms with Gasteiger partial charge in [-0.15, -0.1) is 0 Å². The fraction of sp³-hybridized carbons (Fsp3) is 0.200. The van der Waals surface area contributed by atoms with E-state index in [-0.39, 0.29) is 18.2 Å². The Morgan fingerprint density at radius 2 is 2.05 bits per heavy atom. The summed E-state index contributed by atoms with van der Waals surface area (Å²) in [5.41, 5.74) is 2.09. The number of amides is 2. The number of halogens is 1. The molecule has 0 unspecified atom stereocenters. The largest absolute Gasteiger partial charge is 0.444 e. The third-order valence-electron chi connectivity index (χ3n) is 3.39. The average Bonchev–Trinajstić information content (AvgIpc) is 3.10. The second kappa shape index (κ2) is 5.73. The highest BCUT2D eigenvalue weighted by Crippen LogP contribution is 2.27. The van der Waals surface area contributed by atoms with E-state index in [1.165, 1.54) is 0 Å². The van der Waals surface area contributed by atoms with Gasteiger partial charge in [-0.2, -0.15) is 0 Å². The molecule has 0 bridgehead atoms. The fourth-order valence-electron chi connectivity index (χ4n) is 2.37. The van der Waals surface area contributed by atoms with E-state index in [1.54, 1.807) is 17.0 Å². The van der Waals surface area contributed by atoms with Crippen LogP contribution in [0.3, 0.4) is 0 Å². The van der Waals surface area contributed by atoms with E-state index >= 15 is 0 Å². The first-order valence-electron chi connectivity index (χ1n) is 6.57. The lowest BCUT2D eigenvalue weighted by Gasteiger charge is -2.17. The van der Waals surface area contributed by atoms with E-state index < -0.39 is 5.91 Å². The van der Waals surface area contributed by atoms with Gasteiger partial charge in [0.2, 0.25) is 5.91 Å². The number of carbonyl (C=O) groups excluding carboxylic acids is 2. The smallest absolute Gasteiger partial charge is 0.287 e. The number of nitrogens with zero attached hydrogens (tertiary/aromatic N) is 1. The number of hydrogen-bond acceptors (Lipinski definition) is 3. The Morgan fingerprint density at radius 1 is 1.24 bits per heavy atom. The molecule has 1 N–H and O–H groups in total. The lowest BCUT2D eigenvalue weighted by Crippen LogP contribution is -2.39. The highest BCUT2D eigenvalue weighted by molar-refractivity contribution is 9.10. The van der Waals surface area contributed by atoms with Crippen LogP contribution in [0, 0.1) is 0 Å². The Labute approximate surface area is 130 Å². The van der Waals surface area contributed by atoms with E-state index in [0.29, 0.717) is 11.2 Å². The average molecular weight is 349 g/mol. The van der Waals surface area contributed by atoms with Crippen LogP contribution in [0.5, 0.6) is 0 Å². The van der Waals surface area contributed by atoms with Crippen molar-refractivity contribution in [2.24, 2.45) is 0 Å². The molecule has 2 heterocycles. The van der Waals surface area contributed by atoms with Gasteiger partial charge in [0.1, 0.15) is 0 Å². The van der Waals surface area contributed by atoms with Crippen LogP contribution in [0.15, 0.2) is 45.5 Å². The van der Waals surface area contributed by atoms with Crippen LogP contribution in [0.2, 0.25) is 0 Å². The fourth-order valence-corrected chi connectivity index (χ4v) is 2.68. The lowest BCUT2D eigenvalue weighted by atomic mass is 10.2. The van der Waals surface area contributed by atoms with Crippen LogP contribution in [0.1, 0.15) is 16.1 Å². The molecule has 0 spiro atoms. The number of carbonyl (C=O) groups is 2. The molecule has 2 aromatic rings.